The van der Waals surface area contributed by atoms with Crippen LogP contribution in [0.15, 0.2) is 24.3 Å². The summed E-state index contributed by atoms with van der Waals surface area (Å²) >= 11 is 0. The third-order valence-corrected chi connectivity index (χ3v) is 2.84. The Labute approximate surface area is 108 Å². The molecule has 1 rings (SSSR count). The van der Waals surface area contributed by atoms with Crippen molar-refractivity contribution >= 4 is 5.91 Å². The number of nitrogens with zero attached hydrogens (tertiary/aromatic N) is 1. The molecule has 1 aromatic rings. The Morgan fingerprint density at radius 3 is 2.50 bits per heavy atom. The topological polar surface area (TPSA) is 62.1 Å². The van der Waals surface area contributed by atoms with E-state index in [-0.39, 0.29) is 17.7 Å². The third kappa shape index (κ3) is 3.77. The highest BCUT2D eigenvalue weighted by Crippen LogP contribution is 2.24. The largest absolute Gasteiger partial charge is 0.497 e. The van der Waals surface area contributed by atoms with Gasteiger partial charge in [-0.1, -0.05) is 26.0 Å². The molecule has 0 radical (unpaired) electrons. The van der Waals surface area contributed by atoms with Crippen LogP contribution in [0.5, 0.6) is 5.75 Å². The van der Waals surface area contributed by atoms with Crippen LogP contribution in [-0.4, -0.2) is 19.6 Å². The molecule has 18 heavy (non-hydrogen) atoms. The predicted octanol–water partition coefficient (Wildman–Crippen LogP) is 2.00. The van der Waals surface area contributed by atoms with E-state index in [4.69, 9.17) is 10.00 Å². The van der Waals surface area contributed by atoms with Crippen molar-refractivity contribution < 1.29 is 9.53 Å². The summed E-state index contributed by atoms with van der Waals surface area (Å²) in [6.45, 7) is 4.59. The van der Waals surface area contributed by atoms with Crippen molar-refractivity contribution in [2.24, 2.45) is 0 Å². The van der Waals surface area contributed by atoms with Crippen LogP contribution in [0.1, 0.15) is 25.8 Å². The molecule has 0 aliphatic carbocycles. The van der Waals surface area contributed by atoms with Gasteiger partial charge in [0.15, 0.2) is 0 Å². The van der Waals surface area contributed by atoms with E-state index >= 15 is 0 Å². The first-order chi connectivity index (χ1) is 8.49. The van der Waals surface area contributed by atoms with Crippen LogP contribution < -0.4 is 10.1 Å². The first-order valence-electron chi connectivity index (χ1n) is 5.78. The Hall–Kier alpha value is -2.02. The SMILES string of the molecule is COc1ccc(C(C)(C)CNC(=O)CC#N)cc1. The molecule has 0 aliphatic heterocycles. The molecule has 1 aromatic carbocycles. The molecular weight excluding hydrogens is 228 g/mol. The van der Waals surface area contributed by atoms with Gasteiger partial charge in [0.05, 0.1) is 13.2 Å². The molecule has 0 unspecified atom stereocenters. The van der Waals surface area contributed by atoms with Crippen molar-refractivity contribution in [3.8, 4) is 11.8 Å². The van der Waals surface area contributed by atoms with Gasteiger partial charge in [0.25, 0.3) is 0 Å². The third-order valence-electron chi connectivity index (χ3n) is 2.84. The maximum atomic E-state index is 11.3. The lowest BCUT2D eigenvalue weighted by Gasteiger charge is -2.25. The molecule has 1 N–H and O–H groups in total. The fourth-order valence-electron chi connectivity index (χ4n) is 1.60. The summed E-state index contributed by atoms with van der Waals surface area (Å²) < 4.78 is 5.11. The van der Waals surface area contributed by atoms with Crippen LogP contribution >= 0.6 is 0 Å². The number of carbonyl (C=O) groups is 1. The molecule has 0 aromatic heterocycles. The second kappa shape index (κ2) is 6.06. The van der Waals surface area contributed by atoms with Gasteiger partial charge < -0.3 is 10.1 Å². The first-order valence-corrected chi connectivity index (χ1v) is 5.78. The number of rotatable bonds is 5. The zero-order valence-corrected chi connectivity index (χ0v) is 11.0. The number of carbonyl (C=O) groups excluding carboxylic acids is 1. The van der Waals surface area contributed by atoms with Crippen molar-refractivity contribution in [3.05, 3.63) is 29.8 Å². The predicted molar refractivity (Wildman–Crippen MR) is 69.3 cm³/mol. The van der Waals surface area contributed by atoms with E-state index in [9.17, 15) is 4.79 Å². The number of benzene rings is 1. The molecule has 4 nitrogen and oxygen atoms in total. The van der Waals surface area contributed by atoms with Gasteiger partial charge in [-0.05, 0) is 17.7 Å². The fraction of sp³-hybridized carbons (Fsp3) is 0.429. The van der Waals surface area contributed by atoms with E-state index in [0.29, 0.717) is 6.54 Å². The summed E-state index contributed by atoms with van der Waals surface area (Å²) in [4.78, 5) is 11.3. The van der Waals surface area contributed by atoms with Crippen LogP contribution in [0.3, 0.4) is 0 Å². The summed E-state index contributed by atoms with van der Waals surface area (Å²) in [5, 5.41) is 11.2. The molecule has 0 saturated heterocycles. The normalized spacial score (nSPS) is 10.6. The summed E-state index contributed by atoms with van der Waals surface area (Å²) in [7, 11) is 1.63. The van der Waals surface area contributed by atoms with Gasteiger partial charge in [-0.15, -0.1) is 0 Å². The Balaban J connectivity index is 2.67. The van der Waals surface area contributed by atoms with Crippen molar-refractivity contribution in [2.45, 2.75) is 25.7 Å². The number of amides is 1. The van der Waals surface area contributed by atoms with Crippen LogP contribution in [0.4, 0.5) is 0 Å². The quantitative estimate of drug-likeness (QED) is 0.864. The Morgan fingerprint density at radius 1 is 1.39 bits per heavy atom. The summed E-state index contributed by atoms with van der Waals surface area (Å²) in [5.74, 6) is 0.571. The van der Waals surface area contributed by atoms with E-state index in [1.165, 1.54) is 0 Å². The number of hydrogen-bond donors (Lipinski definition) is 1. The Morgan fingerprint density at radius 2 is 2.00 bits per heavy atom. The zero-order chi connectivity index (χ0) is 13.6. The number of methoxy groups -OCH3 is 1. The van der Waals surface area contributed by atoms with Crippen LogP contribution in [0, 0.1) is 11.3 Å². The first kappa shape index (κ1) is 14.0. The lowest BCUT2D eigenvalue weighted by Crippen LogP contribution is -2.36. The number of hydrogen-bond acceptors (Lipinski definition) is 3. The van der Waals surface area contributed by atoms with Gasteiger partial charge in [0.2, 0.25) is 5.91 Å². The average molecular weight is 246 g/mol. The van der Waals surface area contributed by atoms with E-state index in [2.05, 4.69) is 5.32 Å². The van der Waals surface area contributed by atoms with Gasteiger partial charge in [0.1, 0.15) is 12.2 Å². The Bertz CT molecular complexity index is 444. The van der Waals surface area contributed by atoms with Gasteiger partial charge >= 0.3 is 0 Å². The highest BCUT2D eigenvalue weighted by molar-refractivity contribution is 5.78. The Kier molecular flexibility index (Phi) is 4.73. The molecule has 0 spiro atoms. The van der Waals surface area contributed by atoms with Gasteiger partial charge in [-0.25, -0.2) is 0 Å². The minimum atomic E-state index is -0.237. The molecular formula is C14H18N2O2. The summed E-state index contributed by atoms with van der Waals surface area (Å²) in [5.41, 5.74) is 0.928. The van der Waals surface area contributed by atoms with Gasteiger partial charge in [0, 0.05) is 12.0 Å². The summed E-state index contributed by atoms with van der Waals surface area (Å²) in [6.07, 6.45) is -0.0985. The van der Waals surface area contributed by atoms with E-state index < -0.39 is 0 Å². The lowest BCUT2D eigenvalue weighted by molar-refractivity contribution is -0.120. The monoisotopic (exact) mass is 246 g/mol. The van der Waals surface area contributed by atoms with Crippen LogP contribution in [0.25, 0.3) is 0 Å². The van der Waals surface area contributed by atoms with E-state index in [1.54, 1.807) is 7.11 Å². The van der Waals surface area contributed by atoms with E-state index in [1.807, 2.05) is 44.2 Å². The number of nitriles is 1. The van der Waals surface area contributed by atoms with Crippen LogP contribution in [0.2, 0.25) is 0 Å². The van der Waals surface area contributed by atoms with Crippen LogP contribution in [-0.2, 0) is 10.2 Å². The zero-order valence-electron chi connectivity index (χ0n) is 11.0. The molecule has 1 amide bonds. The molecule has 0 saturated carbocycles. The smallest absolute Gasteiger partial charge is 0.234 e. The van der Waals surface area contributed by atoms with E-state index in [0.717, 1.165) is 11.3 Å². The lowest BCUT2D eigenvalue weighted by atomic mass is 9.84. The standard InChI is InChI=1S/C14H18N2O2/c1-14(2,10-16-13(17)8-9-15)11-4-6-12(18-3)7-5-11/h4-7H,8,10H2,1-3H3,(H,16,17). The average Bonchev–Trinajstić information content (AvgIpc) is 2.37. The second-order valence-electron chi connectivity index (χ2n) is 4.72. The minimum Gasteiger partial charge on any atom is -0.497 e. The molecule has 0 heterocycles. The maximum Gasteiger partial charge on any atom is 0.234 e. The van der Waals surface area contributed by atoms with Gasteiger partial charge in [-0.2, -0.15) is 5.26 Å². The molecule has 0 aliphatic rings. The molecule has 96 valence electrons. The summed E-state index contributed by atoms with van der Waals surface area (Å²) in [6, 6.07) is 9.59. The second-order valence-corrected chi connectivity index (χ2v) is 4.72. The number of ether oxygens (including phenoxy) is 1. The number of nitrogens with one attached hydrogen (secondary N) is 1. The minimum absolute atomic E-state index is 0.0985. The van der Waals surface area contributed by atoms with Crippen molar-refractivity contribution in [1.29, 1.82) is 5.26 Å². The molecule has 0 atom stereocenters. The highest BCUT2D eigenvalue weighted by atomic mass is 16.5. The molecule has 0 bridgehead atoms. The molecule has 4 heteroatoms. The van der Waals surface area contributed by atoms with Crippen molar-refractivity contribution in [1.82, 2.24) is 5.32 Å². The maximum absolute atomic E-state index is 11.3. The van der Waals surface area contributed by atoms with Gasteiger partial charge in [-0.3, -0.25) is 4.79 Å². The fourth-order valence-corrected chi connectivity index (χ4v) is 1.60. The molecule has 0 fully saturated rings. The van der Waals surface area contributed by atoms with Crippen molar-refractivity contribution in [2.75, 3.05) is 13.7 Å². The van der Waals surface area contributed by atoms with Crippen molar-refractivity contribution in [3.63, 3.8) is 0 Å². The highest BCUT2D eigenvalue weighted by Gasteiger charge is 2.21.